The minimum atomic E-state index is 0.0557. The van der Waals surface area contributed by atoms with E-state index in [9.17, 15) is 4.79 Å². The van der Waals surface area contributed by atoms with Crippen molar-refractivity contribution in [3.8, 4) is 0 Å². The number of amides is 1. The highest BCUT2D eigenvalue weighted by Gasteiger charge is 2.16. The highest BCUT2D eigenvalue weighted by molar-refractivity contribution is 7.13. The molecule has 2 N–H and O–H groups in total. The van der Waals surface area contributed by atoms with E-state index < -0.39 is 0 Å². The Morgan fingerprint density at radius 2 is 2.44 bits per heavy atom. The number of aromatic nitrogens is 1. The smallest absolute Gasteiger partial charge is 0.229 e. The summed E-state index contributed by atoms with van der Waals surface area (Å²) in [7, 11) is 0. The van der Waals surface area contributed by atoms with Crippen LogP contribution in [0, 0.1) is 0 Å². The maximum atomic E-state index is 12.0. The summed E-state index contributed by atoms with van der Waals surface area (Å²) in [6.07, 6.45) is 2.03. The van der Waals surface area contributed by atoms with Gasteiger partial charge in [-0.2, -0.15) is 0 Å². The lowest BCUT2D eigenvalue weighted by atomic mass is 10.2. The van der Waals surface area contributed by atoms with Crippen molar-refractivity contribution in [3.05, 3.63) is 23.7 Å². The first kappa shape index (κ1) is 12.7. The van der Waals surface area contributed by atoms with Gasteiger partial charge in [0.15, 0.2) is 5.13 Å². The van der Waals surface area contributed by atoms with Crippen LogP contribution in [-0.2, 0) is 11.2 Å². The summed E-state index contributed by atoms with van der Waals surface area (Å²) in [5.74, 6) is 0.0557. The van der Waals surface area contributed by atoms with Gasteiger partial charge < -0.3 is 10.6 Å². The molecule has 0 unspecified atom stereocenters. The summed E-state index contributed by atoms with van der Waals surface area (Å²) in [4.78, 5) is 17.8. The highest BCUT2D eigenvalue weighted by Crippen LogP contribution is 2.13. The number of nitrogens with zero attached hydrogens (tertiary/aromatic N) is 2. The van der Waals surface area contributed by atoms with Crippen LogP contribution in [0.1, 0.15) is 19.5 Å². The summed E-state index contributed by atoms with van der Waals surface area (Å²) in [6, 6.07) is 0.168. The number of hydrogen-bond acceptors (Lipinski definition) is 4. The van der Waals surface area contributed by atoms with Gasteiger partial charge in [0.1, 0.15) is 0 Å². The van der Waals surface area contributed by atoms with Crippen molar-refractivity contribution in [2.45, 2.75) is 26.3 Å². The molecule has 1 aromatic rings. The summed E-state index contributed by atoms with van der Waals surface area (Å²) in [5, 5.41) is 2.32. The first-order chi connectivity index (χ1) is 7.54. The lowest BCUT2D eigenvalue weighted by Crippen LogP contribution is -2.38. The lowest BCUT2D eigenvalue weighted by molar-refractivity contribution is -0.131. The number of carbonyl (C=O) groups excluding carboxylic acids is 1. The molecule has 0 aliphatic rings. The van der Waals surface area contributed by atoms with E-state index in [1.807, 2.05) is 19.2 Å². The van der Waals surface area contributed by atoms with Crippen molar-refractivity contribution >= 4 is 22.4 Å². The van der Waals surface area contributed by atoms with E-state index in [-0.39, 0.29) is 11.9 Å². The minimum absolute atomic E-state index is 0.0557. The number of anilines is 1. The molecule has 0 fully saturated rings. The average molecular weight is 239 g/mol. The first-order valence-corrected chi connectivity index (χ1v) is 6.02. The van der Waals surface area contributed by atoms with Crippen molar-refractivity contribution in [2.24, 2.45) is 0 Å². The molecule has 1 aromatic heterocycles. The third kappa shape index (κ3) is 3.34. The van der Waals surface area contributed by atoms with Crippen LogP contribution in [-0.4, -0.2) is 28.4 Å². The van der Waals surface area contributed by atoms with Gasteiger partial charge >= 0.3 is 0 Å². The molecule has 16 heavy (non-hydrogen) atoms. The predicted molar refractivity (Wildman–Crippen MR) is 67.3 cm³/mol. The van der Waals surface area contributed by atoms with Crippen LogP contribution in [0.15, 0.2) is 18.0 Å². The topological polar surface area (TPSA) is 59.2 Å². The van der Waals surface area contributed by atoms with Gasteiger partial charge in [-0.3, -0.25) is 4.79 Å². The summed E-state index contributed by atoms with van der Waals surface area (Å²) >= 11 is 1.36. The lowest BCUT2D eigenvalue weighted by Gasteiger charge is -2.25. The van der Waals surface area contributed by atoms with Crippen LogP contribution in [0.25, 0.3) is 0 Å². The third-order valence-electron chi connectivity index (χ3n) is 2.17. The molecule has 1 rings (SSSR count). The van der Waals surface area contributed by atoms with Crippen LogP contribution >= 0.6 is 11.3 Å². The second-order valence-corrected chi connectivity index (χ2v) is 4.67. The fourth-order valence-electron chi connectivity index (χ4n) is 1.40. The van der Waals surface area contributed by atoms with Crippen LogP contribution in [0.5, 0.6) is 0 Å². The monoisotopic (exact) mass is 239 g/mol. The standard InChI is InChI=1S/C11H17N3OS/c1-4-5-14(8(2)3)10(15)6-9-7-16-11(12)13-9/h4,7-8H,1,5-6H2,2-3H3,(H2,12,13). The molecule has 0 aromatic carbocycles. The molecule has 0 saturated carbocycles. The van der Waals surface area contributed by atoms with Crippen LogP contribution in [0.2, 0.25) is 0 Å². The Morgan fingerprint density at radius 1 is 1.75 bits per heavy atom. The number of thiazole rings is 1. The first-order valence-electron chi connectivity index (χ1n) is 5.14. The van der Waals surface area contributed by atoms with E-state index in [4.69, 9.17) is 5.73 Å². The Labute approximate surface area is 99.8 Å². The van der Waals surface area contributed by atoms with Crippen molar-refractivity contribution in [1.82, 2.24) is 9.88 Å². The molecule has 0 spiro atoms. The molecule has 4 nitrogen and oxygen atoms in total. The Hall–Kier alpha value is -1.36. The molecule has 0 radical (unpaired) electrons. The van der Waals surface area contributed by atoms with Crippen molar-refractivity contribution in [2.75, 3.05) is 12.3 Å². The summed E-state index contributed by atoms with van der Waals surface area (Å²) < 4.78 is 0. The van der Waals surface area contributed by atoms with Gasteiger partial charge in [-0.25, -0.2) is 4.98 Å². The molecular formula is C11H17N3OS. The van der Waals surface area contributed by atoms with E-state index >= 15 is 0 Å². The maximum absolute atomic E-state index is 12.0. The number of rotatable bonds is 5. The van der Waals surface area contributed by atoms with Crippen LogP contribution < -0.4 is 5.73 Å². The van der Waals surface area contributed by atoms with E-state index in [0.717, 1.165) is 5.69 Å². The Bertz CT molecular complexity index is 373. The molecule has 0 saturated heterocycles. The van der Waals surface area contributed by atoms with Crippen LogP contribution in [0.4, 0.5) is 5.13 Å². The van der Waals surface area contributed by atoms with Gasteiger partial charge in [0.05, 0.1) is 12.1 Å². The van der Waals surface area contributed by atoms with Gasteiger partial charge in [0.2, 0.25) is 5.91 Å². The Balaban J connectivity index is 2.65. The van der Waals surface area contributed by atoms with Gasteiger partial charge in [-0.1, -0.05) is 6.08 Å². The predicted octanol–water partition coefficient (Wildman–Crippen LogP) is 1.69. The Kier molecular flexibility index (Phi) is 4.49. The zero-order valence-electron chi connectivity index (χ0n) is 9.64. The van der Waals surface area contributed by atoms with Gasteiger partial charge in [-0.05, 0) is 13.8 Å². The zero-order valence-corrected chi connectivity index (χ0v) is 10.5. The van der Waals surface area contributed by atoms with Crippen molar-refractivity contribution in [3.63, 3.8) is 0 Å². The number of carbonyl (C=O) groups is 1. The van der Waals surface area contributed by atoms with Crippen molar-refractivity contribution in [1.29, 1.82) is 0 Å². The molecular weight excluding hydrogens is 222 g/mol. The third-order valence-corrected chi connectivity index (χ3v) is 2.89. The molecule has 1 heterocycles. The second-order valence-electron chi connectivity index (χ2n) is 3.78. The Morgan fingerprint density at radius 3 is 2.88 bits per heavy atom. The fraction of sp³-hybridized carbons (Fsp3) is 0.455. The van der Waals surface area contributed by atoms with Gasteiger partial charge in [0.25, 0.3) is 0 Å². The molecule has 0 bridgehead atoms. The van der Waals surface area contributed by atoms with E-state index in [2.05, 4.69) is 11.6 Å². The zero-order chi connectivity index (χ0) is 12.1. The molecule has 88 valence electrons. The summed E-state index contributed by atoms with van der Waals surface area (Å²) in [5.41, 5.74) is 6.25. The average Bonchev–Trinajstić information content (AvgIpc) is 2.59. The quantitative estimate of drug-likeness (QED) is 0.795. The molecule has 0 atom stereocenters. The van der Waals surface area contributed by atoms with Crippen LogP contribution in [0.3, 0.4) is 0 Å². The van der Waals surface area contributed by atoms with E-state index in [0.29, 0.717) is 18.1 Å². The minimum Gasteiger partial charge on any atom is -0.375 e. The number of hydrogen-bond donors (Lipinski definition) is 1. The van der Waals surface area contributed by atoms with Gasteiger partial charge in [-0.15, -0.1) is 17.9 Å². The summed E-state index contributed by atoms with van der Waals surface area (Å²) in [6.45, 7) is 8.18. The SMILES string of the molecule is C=CCN(C(=O)Cc1csc(N)n1)C(C)C. The van der Waals surface area contributed by atoms with E-state index in [1.165, 1.54) is 11.3 Å². The highest BCUT2D eigenvalue weighted by atomic mass is 32.1. The molecule has 0 aliphatic heterocycles. The largest absolute Gasteiger partial charge is 0.375 e. The molecule has 1 amide bonds. The number of nitrogen functional groups attached to an aromatic ring is 1. The molecule has 5 heteroatoms. The maximum Gasteiger partial charge on any atom is 0.229 e. The second kappa shape index (κ2) is 5.65. The van der Waals surface area contributed by atoms with Gasteiger partial charge in [0, 0.05) is 18.0 Å². The van der Waals surface area contributed by atoms with Crippen molar-refractivity contribution < 1.29 is 4.79 Å². The molecule has 0 aliphatic carbocycles. The normalized spacial score (nSPS) is 10.4. The van der Waals surface area contributed by atoms with E-state index in [1.54, 1.807) is 11.0 Å². The number of nitrogens with two attached hydrogens (primary N) is 1. The fourth-order valence-corrected chi connectivity index (χ4v) is 1.96.